The van der Waals surface area contributed by atoms with Gasteiger partial charge in [0, 0.05) is 36.1 Å². The number of pyridine rings is 1. The van der Waals surface area contributed by atoms with Gasteiger partial charge in [0.2, 0.25) is 5.56 Å². The molecule has 1 N–H and O–H groups in total. The Morgan fingerprint density at radius 3 is 2.78 bits per heavy atom. The Morgan fingerprint density at radius 1 is 1.33 bits per heavy atom. The van der Waals surface area contributed by atoms with Crippen LogP contribution in [-0.4, -0.2) is 18.1 Å². The number of hydrogen-bond donors (Lipinski definition) is 1. The van der Waals surface area contributed by atoms with E-state index >= 15 is 0 Å². The molecule has 3 nitrogen and oxygen atoms in total. The van der Waals surface area contributed by atoms with E-state index in [2.05, 4.69) is 36.8 Å². The maximum Gasteiger partial charge on any atom is 0.249 e. The number of halogens is 1. The largest absolute Gasteiger partial charge is 0.371 e. The van der Waals surface area contributed by atoms with Crippen LogP contribution in [0.3, 0.4) is 0 Å². The fourth-order valence-electron chi connectivity index (χ4n) is 2.89. The van der Waals surface area contributed by atoms with Gasteiger partial charge in [0.05, 0.1) is 10.5 Å². The Morgan fingerprint density at radius 2 is 2.06 bits per heavy atom. The Balaban J connectivity index is 2.45. The molecule has 0 amide bonds. The predicted octanol–water partition coefficient (Wildman–Crippen LogP) is 3.12. The molecule has 0 radical (unpaired) electrons. The number of nitrogens with zero attached hydrogens (tertiary/aromatic N) is 1. The van der Waals surface area contributed by atoms with Crippen LogP contribution in [0.4, 0.5) is 5.69 Å². The van der Waals surface area contributed by atoms with Gasteiger partial charge in [0.25, 0.3) is 0 Å². The smallest absolute Gasteiger partial charge is 0.249 e. The molecule has 0 bridgehead atoms. The summed E-state index contributed by atoms with van der Waals surface area (Å²) in [6.07, 6.45) is 0. The predicted molar refractivity (Wildman–Crippen MR) is 75.9 cm³/mol. The number of likely N-dealkylation sites (N-methyl/N-ethyl adjacent to an activating group) is 1. The van der Waals surface area contributed by atoms with E-state index in [-0.39, 0.29) is 5.56 Å². The summed E-state index contributed by atoms with van der Waals surface area (Å²) >= 11 is 6.27. The molecule has 2 unspecified atom stereocenters. The number of aromatic nitrogens is 1. The average Bonchev–Trinajstić information content (AvgIpc) is 2.54. The number of anilines is 1. The van der Waals surface area contributed by atoms with Gasteiger partial charge in [0.15, 0.2) is 0 Å². The zero-order valence-corrected chi connectivity index (χ0v) is 11.4. The molecule has 3 rings (SSSR count). The number of benzene rings is 1. The van der Waals surface area contributed by atoms with Crippen molar-refractivity contribution in [2.45, 2.75) is 25.8 Å². The summed E-state index contributed by atoms with van der Waals surface area (Å²) in [4.78, 5) is 16.6. The highest BCUT2D eigenvalue weighted by molar-refractivity contribution is 6.35. The van der Waals surface area contributed by atoms with Gasteiger partial charge in [-0.25, -0.2) is 0 Å². The molecule has 4 heteroatoms. The first kappa shape index (κ1) is 11.6. The van der Waals surface area contributed by atoms with Crippen molar-refractivity contribution in [2.24, 2.45) is 0 Å². The summed E-state index contributed by atoms with van der Waals surface area (Å²) in [5, 5.41) is 1.53. The van der Waals surface area contributed by atoms with Crippen LogP contribution in [0.2, 0.25) is 5.02 Å². The maximum atomic E-state index is 11.5. The zero-order chi connectivity index (χ0) is 13.0. The standard InChI is InChI=1S/C14H15ClN2O/c1-7-8(2)17(3)11-5-4-10-14(13(7)11)9(15)6-12(18)16-10/h4-8H,1-3H3,(H,16,18). The lowest BCUT2D eigenvalue weighted by Crippen LogP contribution is -2.25. The molecule has 2 atom stereocenters. The highest BCUT2D eigenvalue weighted by atomic mass is 35.5. The summed E-state index contributed by atoms with van der Waals surface area (Å²) in [5.41, 5.74) is 3.11. The van der Waals surface area contributed by atoms with Gasteiger partial charge in [-0.05, 0) is 24.6 Å². The van der Waals surface area contributed by atoms with Crippen molar-refractivity contribution in [3.05, 3.63) is 39.1 Å². The zero-order valence-electron chi connectivity index (χ0n) is 10.6. The van der Waals surface area contributed by atoms with Crippen LogP contribution in [0.25, 0.3) is 10.9 Å². The Bertz CT molecular complexity index is 692. The van der Waals surface area contributed by atoms with Crippen molar-refractivity contribution >= 4 is 28.2 Å². The number of rotatable bonds is 0. The van der Waals surface area contributed by atoms with E-state index in [1.807, 2.05) is 6.07 Å². The minimum atomic E-state index is -0.153. The fourth-order valence-corrected chi connectivity index (χ4v) is 3.19. The first-order valence-electron chi connectivity index (χ1n) is 6.09. The Kier molecular flexibility index (Phi) is 2.42. The Labute approximate surface area is 110 Å². The number of fused-ring (bicyclic) bond motifs is 3. The number of H-pyrrole nitrogens is 1. The molecule has 2 aromatic rings. The second-order valence-electron chi connectivity index (χ2n) is 5.04. The molecule has 18 heavy (non-hydrogen) atoms. The molecule has 1 aliphatic heterocycles. The van der Waals surface area contributed by atoms with Crippen molar-refractivity contribution in [1.29, 1.82) is 0 Å². The molecular formula is C14H15ClN2O. The van der Waals surface area contributed by atoms with Crippen LogP contribution in [0.15, 0.2) is 23.0 Å². The van der Waals surface area contributed by atoms with Crippen molar-refractivity contribution in [1.82, 2.24) is 4.98 Å². The van der Waals surface area contributed by atoms with Crippen LogP contribution in [-0.2, 0) is 0 Å². The number of nitrogens with one attached hydrogen (secondary N) is 1. The fraction of sp³-hybridized carbons (Fsp3) is 0.357. The summed E-state index contributed by atoms with van der Waals surface area (Å²) in [6, 6.07) is 5.89. The third-order valence-electron chi connectivity index (χ3n) is 4.15. The third-order valence-corrected chi connectivity index (χ3v) is 4.44. The van der Waals surface area contributed by atoms with Crippen LogP contribution >= 0.6 is 11.6 Å². The first-order valence-corrected chi connectivity index (χ1v) is 6.46. The number of aromatic amines is 1. The van der Waals surface area contributed by atoms with Gasteiger partial charge < -0.3 is 9.88 Å². The van der Waals surface area contributed by atoms with Crippen molar-refractivity contribution in [2.75, 3.05) is 11.9 Å². The molecule has 0 saturated heterocycles. The molecule has 94 valence electrons. The van der Waals surface area contributed by atoms with Crippen LogP contribution in [0.1, 0.15) is 25.3 Å². The normalized spacial score (nSPS) is 22.6. The molecule has 1 aromatic carbocycles. The van der Waals surface area contributed by atoms with Gasteiger partial charge in [-0.3, -0.25) is 4.79 Å². The van der Waals surface area contributed by atoms with E-state index in [4.69, 9.17) is 11.6 Å². The molecule has 0 spiro atoms. The van der Waals surface area contributed by atoms with E-state index < -0.39 is 0 Å². The highest BCUT2D eigenvalue weighted by Gasteiger charge is 2.32. The van der Waals surface area contributed by atoms with E-state index in [1.54, 1.807) is 0 Å². The third kappa shape index (κ3) is 1.40. The minimum Gasteiger partial charge on any atom is -0.371 e. The molecule has 2 heterocycles. The lowest BCUT2D eigenvalue weighted by atomic mass is 9.94. The van der Waals surface area contributed by atoms with E-state index in [0.29, 0.717) is 17.0 Å². The molecular weight excluding hydrogens is 248 g/mol. The van der Waals surface area contributed by atoms with Gasteiger partial charge >= 0.3 is 0 Å². The van der Waals surface area contributed by atoms with Crippen LogP contribution in [0, 0.1) is 0 Å². The molecule has 0 fully saturated rings. The van der Waals surface area contributed by atoms with E-state index in [0.717, 1.165) is 10.9 Å². The summed E-state index contributed by atoms with van der Waals surface area (Å²) in [5.74, 6) is 0.400. The van der Waals surface area contributed by atoms with Gasteiger partial charge in [-0.1, -0.05) is 18.5 Å². The average molecular weight is 263 g/mol. The van der Waals surface area contributed by atoms with Crippen molar-refractivity contribution in [3.63, 3.8) is 0 Å². The second kappa shape index (κ2) is 3.75. The molecule has 0 aliphatic carbocycles. The lowest BCUT2D eigenvalue weighted by molar-refractivity contribution is 0.628. The molecule has 1 aliphatic rings. The molecule has 1 aromatic heterocycles. The quantitative estimate of drug-likeness (QED) is 0.792. The SMILES string of the molecule is CC1c2c(ccc3[nH]c(=O)cc(Cl)c23)N(C)C1C. The van der Waals surface area contributed by atoms with Crippen molar-refractivity contribution in [3.8, 4) is 0 Å². The first-order chi connectivity index (χ1) is 8.50. The monoisotopic (exact) mass is 262 g/mol. The molecule has 0 saturated carbocycles. The van der Waals surface area contributed by atoms with Gasteiger partial charge in [-0.2, -0.15) is 0 Å². The van der Waals surface area contributed by atoms with E-state index in [9.17, 15) is 4.79 Å². The second-order valence-corrected chi connectivity index (χ2v) is 5.45. The number of hydrogen-bond acceptors (Lipinski definition) is 2. The summed E-state index contributed by atoms with van der Waals surface area (Å²) < 4.78 is 0. The van der Waals surface area contributed by atoms with Gasteiger partial charge in [-0.15, -0.1) is 0 Å². The van der Waals surface area contributed by atoms with Crippen LogP contribution < -0.4 is 10.5 Å². The minimum absolute atomic E-state index is 0.153. The van der Waals surface area contributed by atoms with Crippen molar-refractivity contribution < 1.29 is 0 Å². The van der Waals surface area contributed by atoms with Gasteiger partial charge in [0.1, 0.15) is 0 Å². The topological polar surface area (TPSA) is 36.1 Å². The van der Waals surface area contributed by atoms with E-state index in [1.165, 1.54) is 17.3 Å². The summed E-state index contributed by atoms with van der Waals surface area (Å²) in [6.45, 7) is 4.41. The summed E-state index contributed by atoms with van der Waals surface area (Å²) in [7, 11) is 2.10. The Hall–Kier alpha value is -1.48. The highest BCUT2D eigenvalue weighted by Crippen LogP contribution is 2.44. The van der Waals surface area contributed by atoms with Crippen LogP contribution in [0.5, 0.6) is 0 Å². The maximum absolute atomic E-state index is 11.5. The lowest BCUT2D eigenvalue weighted by Gasteiger charge is -2.20.